The third-order valence-corrected chi connectivity index (χ3v) is 5.79. The lowest BCUT2D eigenvalue weighted by Gasteiger charge is -2.03. The third kappa shape index (κ3) is 3.04. The molecule has 1 N–H and O–H groups in total. The van der Waals surface area contributed by atoms with Crippen molar-refractivity contribution in [3.8, 4) is 10.6 Å². The summed E-state index contributed by atoms with van der Waals surface area (Å²) in [6.45, 7) is 0. The van der Waals surface area contributed by atoms with Gasteiger partial charge in [-0.15, -0.1) is 16.4 Å². The number of thiophene rings is 1. The number of benzene rings is 1. The number of rotatable bonds is 4. The van der Waals surface area contributed by atoms with E-state index < -0.39 is 0 Å². The number of aromatic amines is 1. The summed E-state index contributed by atoms with van der Waals surface area (Å²) in [5.74, 6) is 0.738. The summed E-state index contributed by atoms with van der Waals surface area (Å²) in [5, 5.41) is 13.9. The number of fused-ring (bicyclic) bond motifs is 1. The first-order chi connectivity index (χ1) is 11.7. The predicted octanol–water partition coefficient (Wildman–Crippen LogP) is 4.20. The highest BCUT2D eigenvalue weighted by Crippen LogP contribution is 2.26. The molecule has 4 aromatic rings. The standard InChI is InChI=1S/C16H11BrN4OS2/c17-11-4-1-3-10(7-11)9-24-16-19-18-15(22)13-8-12(20-21(13)16)14-5-2-6-23-14/h1-8H,9H2,(H,18,22). The average Bonchev–Trinajstić information content (AvgIpc) is 3.24. The SMILES string of the molecule is O=c1[nH]nc(SCc2cccc(Br)c2)n2nc(-c3cccs3)cc12. The van der Waals surface area contributed by atoms with E-state index in [4.69, 9.17) is 0 Å². The maximum atomic E-state index is 12.0. The van der Waals surface area contributed by atoms with Crippen LogP contribution >= 0.6 is 39.0 Å². The molecule has 0 aliphatic rings. The van der Waals surface area contributed by atoms with Gasteiger partial charge >= 0.3 is 0 Å². The van der Waals surface area contributed by atoms with Crippen LogP contribution in [0.4, 0.5) is 0 Å². The first kappa shape index (κ1) is 15.6. The van der Waals surface area contributed by atoms with Gasteiger partial charge in [0.2, 0.25) is 5.16 Å². The molecule has 3 heterocycles. The van der Waals surface area contributed by atoms with E-state index >= 15 is 0 Å². The molecule has 24 heavy (non-hydrogen) atoms. The summed E-state index contributed by atoms with van der Waals surface area (Å²) in [5.41, 5.74) is 2.22. The molecule has 0 atom stereocenters. The van der Waals surface area contributed by atoms with E-state index in [1.54, 1.807) is 21.9 Å². The number of hydrogen-bond donors (Lipinski definition) is 1. The van der Waals surface area contributed by atoms with Crippen LogP contribution in [0.5, 0.6) is 0 Å². The Morgan fingerprint density at radius 2 is 2.17 bits per heavy atom. The molecule has 0 fully saturated rings. The molecule has 0 unspecified atom stereocenters. The minimum absolute atomic E-state index is 0.239. The number of halogens is 1. The van der Waals surface area contributed by atoms with Gasteiger partial charge in [-0.05, 0) is 35.2 Å². The molecule has 0 saturated heterocycles. The molecule has 5 nitrogen and oxygen atoms in total. The lowest BCUT2D eigenvalue weighted by molar-refractivity contribution is 0.728. The highest BCUT2D eigenvalue weighted by atomic mass is 79.9. The van der Waals surface area contributed by atoms with Crippen LogP contribution in [0.2, 0.25) is 0 Å². The zero-order valence-corrected chi connectivity index (χ0v) is 15.5. The Bertz CT molecular complexity index is 1060. The van der Waals surface area contributed by atoms with Crippen LogP contribution < -0.4 is 5.56 Å². The molecule has 0 aliphatic carbocycles. The van der Waals surface area contributed by atoms with Gasteiger partial charge in [0.05, 0.1) is 4.88 Å². The van der Waals surface area contributed by atoms with Crippen LogP contribution in [0.15, 0.2) is 62.3 Å². The van der Waals surface area contributed by atoms with E-state index in [9.17, 15) is 4.79 Å². The van der Waals surface area contributed by atoms with Crippen molar-refractivity contribution in [2.24, 2.45) is 0 Å². The van der Waals surface area contributed by atoms with Gasteiger partial charge < -0.3 is 0 Å². The van der Waals surface area contributed by atoms with Gasteiger partial charge in [-0.3, -0.25) is 4.79 Å². The van der Waals surface area contributed by atoms with E-state index in [1.165, 1.54) is 17.3 Å². The van der Waals surface area contributed by atoms with Crippen molar-refractivity contribution < 1.29 is 0 Å². The van der Waals surface area contributed by atoms with Gasteiger partial charge in [0.15, 0.2) is 0 Å². The Hall–Kier alpha value is -1.90. The van der Waals surface area contributed by atoms with Gasteiger partial charge in [-0.2, -0.15) is 5.10 Å². The second-order valence-corrected chi connectivity index (χ2v) is 7.86. The molecule has 0 saturated carbocycles. The largest absolute Gasteiger partial charge is 0.290 e. The molecule has 120 valence electrons. The maximum absolute atomic E-state index is 12.0. The average molecular weight is 419 g/mol. The van der Waals surface area contributed by atoms with E-state index in [0.29, 0.717) is 10.7 Å². The number of hydrogen-bond acceptors (Lipinski definition) is 5. The molecule has 4 rings (SSSR count). The van der Waals surface area contributed by atoms with Crippen molar-refractivity contribution in [3.05, 3.63) is 68.2 Å². The Balaban J connectivity index is 1.70. The fourth-order valence-corrected chi connectivity index (χ4v) is 4.28. The van der Waals surface area contributed by atoms with Crippen molar-refractivity contribution >= 4 is 44.5 Å². The molecule has 3 aromatic heterocycles. The first-order valence-corrected chi connectivity index (χ1v) is 9.76. The van der Waals surface area contributed by atoms with E-state index in [-0.39, 0.29) is 5.56 Å². The van der Waals surface area contributed by atoms with E-state index in [1.807, 2.05) is 29.6 Å². The molecular weight excluding hydrogens is 408 g/mol. The van der Waals surface area contributed by atoms with E-state index in [0.717, 1.165) is 20.8 Å². The second kappa shape index (κ2) is 6.54. The van der Waals surface area contributed by atoms with Crippen molar-refractivity contribution in [2.75, 3.05) is 0 Å². The molecule has 0 spiro atoms. The molecule has 0 aliphatic heterocycles. The summed E-state index contributed by atoms with van der Waals surface area (Å²) >= 11 is 6.60. The lowest BCUT2D eigenvalue weighted by atomic mass is 10.2. The van der Waals surface area contributed by atoms with E-state index in [2.05, 4.69) is 43.4 Å². The molecular formula is C16H11BrN4OS2. The Labute approximate surface area is 153 Å². The van der Waals surface area contributed by atoms with Crippen LogP contribution in [-0.2, 0) is 5.75 Å². The van der Waals surface area contributed by atoms with Crippen molar-refractivity contribution in [2.45, 2.75) is 10.9 Å². The number of nitrogens with zero attached hydrogens (tertiary/aromatic N) is 3. The van der Waals surface area contributed by atoms with Crippen LogP contribution in [0.25, 0.3) is 16.1 Å². The fraction of sp³-hybridized carbons (Fsp3) is 0.0625. The second-order valence-electron chi connectivity index (χ2n) is 5.06. The summed E-state index contributed by atoms with van der Waals surface area (Å²) in [6.07, 6.45) is 0. The quantitative estimate of drug-likeness (QED) is 0.504. The minimum atomic E-state index is -0.239. The van der Waals surface area contributed by atoms with Gasteiger partial charge in [0.25, 0.3) is 5.56 Å². The Morgan fingerprint density at radius 1 is 1.25 bits per heavy atom. The van der Waals surface area contributed by atoms with Crippen LogP contribution in [0, 0.1) is 0 Å². The normalized spacial score (nSPS) is 11.2. The van der Waals surface area contributed by atoms with Gasteiger partial charge in [-0.25, -0.2) is 9.61 Å². The zero-order chi connectivity index (χ0) is 16.5. The van der Waals surface area contributed by atoms with Crippen molar-refractivity contribution in [1.82, 2.24) is 19.8 Å². The summed E-state index contributed by atoms with van der Waals surface area (Å²) in [7, 11) is 0. The number of H-pyrrole nitrogens is 1. The number of nitrogens with one attached hydrogen (secondary N) is 1. The highest BCUT2D eigenvalue weighted by molar-refractivity contribution is 9.10. The summed E-state index contributed by atoms with van der Waals surface area (Å²) in [4.78, 5) is 13.1. The van der Waals surface area contributed by atoms with Gasteiger partial charge in [0.1, 0.15) is 11.2 Å². The van der Waals surface area contributed by atoms with Crippen molar-refractivity contribution in [3.63, 3.8) is 0 Å². The first-order valence-electron chi connectivity index (χ1n) is 7.10. The summed E-state index contributed by atoms with van der Waals surface area (Å²) in [6, 6.07) is 13.9. The molecule has 1 aromatic carbocycles. The zero-order valence-electron chi connectivity index (χ0n) is 12.3. The number of thioether (sulfide) groups is 1. The van der Waals surface area contributed by atoms with Gasteiger partial charge in [-0.1, -0.05) is 45.9 Å². The van der Waals surface area contributed by atoms with Crippen LogP contribution in [0.3, 0.4) is 0 Å². The molecule has 8 heteroatoms. The molecule has 0 amide bonds. The van der Waals surface area contributed by atoms with Crippen LogP contribution in [-0.4, -0.2) is 19.8 Å². The third-order valence-electron chi connectivity index (χ3n) is 3.41. The van der Waals surface area contributed by atoms with Crippen molar-refractivity contribution in [1.29, 1.82) is 0 Å². The van der Waals surface area contributed by atoms with Gasteiger partial charge in [0, 0.05) is 10.2 Å². The molecule has 0 bridgehead atoms. The highest BCUT2D eigenvalue weighted by Gasteiger charge is 2.13. The Kier molecular flexibility index (Phi) is 4.26. The number of aromatic nitrogens is 4. The minimum Gasteiger partial charge on any atom is -0.266 e. The van der Waals surface area contributed by atoms with Crippen LogP contribution in [0.1, 0.15) is 5.56 Å². The lowest BCUT2D eigenvalue weighted by Crippen LogP contribution is -2.13. The summed E-state index contributed by atoms with van der Waals surface area (Å²) < 4.78 is 2.66. The maximum Gasteiger partial charge on any atom is 0.290 e. The molecule has 0 radical (unpaired) electrons. The smallest absolute Gasteiger partial charge is 0.266 e. The predicted molar refractivity (Wildman–Crippen MR) is 101 cm³/mol. The fourth-order valence-electron chi connectivity index (χ4n) is 2.30. The Morgan fingerprint density at radius 3 is 2.96 bits per heavy atom. The topological polar surface area (TPSA) is 63.0 Å². The monoisotopic (exact) mass is 418 g/mol.